The Bertz CT molecular complexity index is 975. The number of benzene rings is 2. The number of carbonyl (C=O) groups excluding carboxylic acids is 1. The predicted molar refractivity (Wildman–Crippen MR) is 113 cm³/mol. The van der Waals surface area contributed by atoms with E-state index in [9.17, 15) is 4.79 Å². The molecule has 1 heterocycles. The number of aromatic nitrogens is 1. The van der Waals surface area contributed by atoms with Crippen LogP contribution in [0, 0.1) is 0 Å². The molecule has 5 heteroatoms. The predicted octanol–water partition coefficient (Wildman–Crippen LogP) is 4.26. The van der Waals surface area contributed by atoms with Crippen LogP contribution < -0.4 is 5.32 Å². The molecule has 0 bridgehead atoms. The van der Waals surface area contributed by atoms with E-state index >= 15 is 0 Å². The van der Waals surface area contributed by atoms with E-state index in [0.29, 0.717) is 11.6 Å². The monoisotopic (exact) mass is 381 g/mol. The number of fused-ring (bicyclic) bond motifs is 1. The number of nitrogens with zero attached hydrogens (tertiary/aromatic N) is 2. The Labute approximate surface area is 165 Å². The van der Waals surface area contributed by atoms with Crippen LogP contribution in [0.5, 0.6) is 0 Å². The number of amides is 1. The van der Waals surface area contributed by atoms with Gasteiger partial charge >= 0.3 is 0 Å². The highest BCUT2D eigenvalue weighted by Crippen LogP contribution is 2.28. The lowest BCUT2D eigenvalue weighted by Crippen LogP contribution is -2.33. The van der Waals surface area contributed by atoms with Crippen molar-refractivity contribution in [3.05, 3.63) is 77.0 Å². The van der Waals surface area contributed by atoms with Gasteiger partial charge in [0.1, 0.15) is 0 Å². The SMILES string of the molecule is CN(C)C(CNC(=O)/C=C/c1ccccc1Cl)c1cn(C)c2ccccc12. The fraction of sp³-hybridized carbons (Fsp3) is 0.227. The van der Waals surface area contributed by atoms with Crippen LogP contribution in [0.3, 0.4) is 0 Å². The molecule has 1 atom stereocenters. The third-order valence-electron chi connectivity index (χ3n) is 4.70. The van der Waals surface area contributed by atoms with Crippen LogP contribution in [0.1, 0.15) is 17.2 Å². The molecule has 0 saturated carbocycles. The number of hydrogen-bond donors (Lipinski definition) is 1. The van der Waals surface area contributed by atoms with E-state index in [-0.39, 0.29) is 11.9 Å². The molecule has 0 aliphatic rings. The van der Waals surface area contributed by atoms with Crippen LogP contribution in [-0.2, 0) is 11.8 Å². The summed E-state index contributed by atoms with van der Waals surface area (Å²) in [5.41, 5.74) is 3.21. The molecule has 3 rings (SSSR count). The quantitative estimate of drug-likeness (QED) is 0.647. The molecule has 27 heavy (non-hydrogen) atoms. The van der Waals surface area contributed by atoms with Gasteiger partial charge < -0.3 is 14.8 Å². The van der Waals surface area contributed by atoms with Crippen molar-refractivity contribution in [3.63, 3.8) is 0 Å². The first-order valence-corrected chi connectivity index (χ1v) is 9.26. The van der Waals surface area contributed by atoms with Gasteiger partial charge in [-0.2, -0.15) is 0 Å². The maximum atomic E-state index is 12.3. The minimum Gasteiger partial charge on any atom is -0.351 e. The zero-order chi connectivity index (χ0) is 19.4. The molecule has 2 aromatic carbocycles. The summed E-state index contributed by atoms with van der Waals surface area (Å²) in [5, 5.41) is 4.84. The summed E-state index contributed by atoms with van der Waals surface area (Å²) in [6, 6.07) is 15.8. The summed E-state index contributed by atoms with van der Waals surface area (Å²) in [5.74, 6) is -0.137. The number of carbonyl (C=O) groups is 1. The van der Waals surface area contributed by atoms with Crippen molar-refractivity contribution in [2.24, 2.45) is 7.05 Å². The molecule has 0 fully saturated rings. The van der Waals surface area contributed by atoms with Crippen LogP contribution in [0.4, 0.5) is 0 Å². The number of hydrogen-bond acceptors (Lipinski definition) is 2. The lowest BCUT2D eigenvalue weighted by molar-refractivity contribution is -0.116. The average Bonchev–Trinajstić information content (AvgIpc) is 2.98. The van der Waals surface area contributed by atoms with Crippen LogP contribution >= 0.6 is 11.6 Å². The Hall–Kier alpha value is -2.56. The van der Waals surface area contributed by atoms with Gasteiger partial charge in [-0.3, -0.25) is 4.79 Å². The number of para-hydroxylation sites is 1. The first-order valence-electron chi connectivity index (χ1n) is 8.88. The van der Waals surface area contributed by atoms with E-state index in [2.05, 4.69) is 33.1 Å². The zero-order valence-electron chi connectivity index (χ0n) is 15.8. The Kier molecular flexibility index (Phi) is 5.99. The highest BCUT2D eigenvalue weighted by atomic mass is 35.5. The smallest absolute Gasteiger partial charge is 0.244 e. The van der Waals surface area contributed by atoms with Crippen molar-refractivity contribution in [2.75, 3.05) is 20.6 Å². The minimum absolute atomic E-state index is 0.0776. The van der Waals surface area contributed by atoms with Gasteiger partial charge in [0.15, 0.2) is 0 Å². The summed E-state index contributed by atoms with van der Waals surface area (Å²) in [6.07, 6.45) is 5.40. The van der Waals surface area contributed by atoms with Gasteiger partial charge in [-0.1, -0.05) is 48.0 Å². The average molecular weight is 382 g/mol. The molecule has 3 aromatic rings. The lowest BCUT2D eigenvalue weighted by Gasteiger charge is -2.24. The molecular formula is C22H24ClN3O. The molecule has 140 valence electrons. The molecule has 1 unspecified atom stereocenters. The molecule has 1 N–H and O–H groups in total. The molecule has 0 radical (unpaired) electrons. The van der Waals surface area contributed by atoms with Crippen LogP contribution in [-0.4, -0.2) is 36.0 Å². The minimum atomic E-state index is -0.137. The second-order valence-corrected chi connectivity index (χ2v) is 7.20. The maximum Gasteiger partial charge on any atom is 0.244 e. The van der Waals surface area contributed by atoms with Gasteiger partial charge in [0, 0.05) is 41.8 Å². The van der Waals surface area contributed by atoms with E-state index in [1.807, 2.05) is 57.5 Å². The standard InChI is InChI=1S/C22H24ClN3O/c1-25(2)21(18-15-26(3)20-11-7-5-9-17(18)20)14-24-22(27)13-12-16-8-4-6-10-19(16)23/h4-13,15,21H,14H2,1-3H3,(H,24,27)/b13-12+. The van der Waals surface area contributed by atoms with Gasteiger partial charge in [0.2, 0.25) is 5.91 Å². The van der Waals surface area contributed by atoms with Crippen molar-refractivity contribution in [1.82, 2.24) is 14.8 Å². The molecule has 0 aliphatic carbocycles. The second-order valence-electron chi connectivity index (χ2n) is 6.79. The largest absolute Gasteiger partial charge is 0.351 e. The van der Waals surface area contributed by atoms with Gasteiger partial charge in [-0.15, -0.1) is 0 Å². The maximum absolute atomic E-state index is 12.3. The van der Waals surface area contributed by atoms with Gasteiger partial charge in [-0.25, -0.2) is 0 Å². The van der Waals surface area contributed by atoms with Crippen molar-refractivity contribution < 1.29 is 4.79 Å². The van der Waals surface area contributed by atoms with Gasteiger partial charge in [0.25, 0.3) is 0 Å². The normalized spacial score (nSPS) is 12.8. The zero-order valence-corrected chi connectivity index (χ0v) is 16.6. The third-order valence-corrected chi connectivity index (χ3v) is 5.04. The highest BCUT2D eigenvalue weighted by Gasteiger charge is 2.19. The van der Waals surface area contributed by atoms with Crippen molar-refractivity contribution in [1.29, 1.82) is 0 Å². The fourth-order valence-corrected chi connectivity index (χ4v) is 3.44. The number of rotatable bonds is 6. The summed E-state index contributed by atoms with van der Waals surface area (Å²) in [6.45, 7) is 0.521. The third kappa shape index (κ3) is 4.41. The van der Waals surface area contributed by atoms with Crippen LogP contribution in [0.15, 0.2) is 60.8 Å². The summed E-state index contributed by atoms with van der Waals surface area (Å²) in [4.78, 5) is 14.4. The van der Waals surface area contributed by atoms with Crippen molar-refractivity contribution >= 4 is 34.5 Å². The molecule has 1 amide bonds. The van der Waals surface area contributed by atoms with E-state index in [4.69, 9.17) is 11.6 Å². The number of halogens is 1. The number of aryl methyl sites for hydroxylation is 1. The fourth-order valence-electron chi connectivity index (χ4n) is 3.24. The Morgan fingerprint density at radius 1 is 1.19 bits per heavy atom. The Balaban J connectivity index is 1.73. The van der Waals surface area contributed by atoms with E-state index < -0.39 is 0 Å². The summed E-state index contributed by atoms with van der Waals surface area (Å²) >= 11 is 6.12. The van der Waals surface area contributed by atoms with E-state index in [0.717, 1.165) is 5.56 Å². The van der Waals surface area contributed by atoms with E-state index in [1.54, 1.807) is 6.08 Å². The van der Waals surface area contributed by atoms with Crippen LogP contribution in [0.2, 0.25) is 5.02 Å². The second kappa shape index (κ2) is 8.42. The number of likely N-dealkylation sites (N-methyl/N-ethyl adjacent to an activating group) is 1. The molecule has 0 aliphatic heterocycles. The number of nitrogens with one attached hydrogen (secondary N) is 1. The molecule has 0 saturated heterocycles. The summed E-state index contributed by atoms with van der Waals surface area (Å²) < 4.78 is 2.13. The highest BCUT2D eigenvalue weighted by molar-refractivity contribution is 6.32. The van der Waals surface area contributed by atoms with Crippen LogP contribution in [0.25, 0.3) is 17.0 Å². The van der Waals surface area contributed by atoms with Gasteiger partial charge in [-0.05, 0) is 43.4 Å². The first kappa shape index (κ1) is 19.2. The van der Waals surface area contributed by atoms with Crippen molar-refractivity contribution in [2.45, 2.75) is 6.04 Å². The molecule has 4 nitrogen and oxygen atoms in total. The summed E-state index contributed by atoms with van der Waals surface area (Å²) in [7, 11) is 6.10. The molecule has 1 aromatic heterocycles. The van der Waals surface area contributed by atoms with Crippen molar-refractivity contribution in [3.8, 4) is 0 Å². The Morgan fingerprint density at radius 3 is 2.63 bits per heavy atom. The van der Waals surface area contributed by atoms with E-state index in [1.165, 1.54) is 22.5 Å². The first-order chi connectivity index (χ1) is 13.0. The Morgan fingerprint density at radius 2 is 1.89 bits per heavy atom. The molecular weight excluding hydrogens is 358 g/mol. The topological polar surface area (TPSA) is 37.3 Å². The van der Waals surface area contributed by atoms with Gasteiger partial charge in [0.05, 0.1) is 6.04 Å². The lowest BCUT2D eigenvalue weighted by atomic mass is 10.0. The molecule has 0 spiro atoms.